The largest absolute Gasteiger partial charge is 0.491 e. The molecule has 0 radical (unpaired) electrons. The Morgan fingerprint density at radius 3 is 2.27 bits per heavy atom. The summed E-state index contributed by atoms with van der Waals surface area (Å²) in [4.78, 5) is 10.3. The van der Waals surface area contributed by atoms with Crippen LogP contribution in [0.1, 0.15) is 26.3 Å². The fraction of sp³-hybridized carbons (Fsp3) is 0.333. The summed E-state index contributed by atoms with van der Waals surface area (Å²) in [5.74, 6) is 0.642. The fourth-order valence-corrected chi connectivity index (χ4v) is 4.27. The molecule has 26 heavy (non-hydrogen) atoms. The summed E-state index contributed by atoms with van der Waals surface area (Å²) in [6.45, 7) is 7.32. The van der Waals surface area contributed by atoms with Crippen LogP contribution in [-0.4, -0.2) is 26.0 Å². The minimum atomic E-state index is -3.94. The molecule has 0 saturated heterocycles. The van der Waals surface area contributed by atoms with E-state index < -0.39 is 14.9 Å². The van der Waals surface area contributed by atoms with Crippen LogP contribution in [0.4, 0.5) is 11.4 Å². The minimum absolute atomic E-state index is 0.0133. The van der Waals surface area contributed by atoms with Gasteiger partial charge < -0.3 is 4.74 Å². The van der Waals surface area contributed by atoms with E-state index in [1.165, 1.54) is 16.4 Å². The Labute approximate surface area is 153 Å². The maximum atomic E-state index is 13.1. The van der Waals surface area contributed by atoms with Gasteiger partial charge in [0, 0.05) is 18.7 Å². The van der Waals surface area contributed by atoms with Gasteiger partial charge in [-0.25, -0.2) is 8.42 Å². The van der Waals surface area contributed by atoms with E-state index in [-0.39, 0.29) is 23.2 Å². The third-order valence-electron chi connectivity index (χ3n) is 3.73. The van der Waals surface area contributed by atoms with Crippen molar-refractivity contribution in [2.24, 2.45) is 0 Å². The highest BCUT2D eigenvalue weighted by Crippen LogP contribution is 2.29. The van der Waals surface area contributed by atoms with Gasteiger partial charge in [-0.1, -0.05) is 6.07 Å². The summed E-state index contributed by atoms with van der Waals surface area (Å²) in [7, 11) is -3.94. The number of hydrogen-bond donors (Lipinski definition) is 0. The van der Waals surface area contributed by atoms with Crippen molar-refractivity contribution in [1.29, 1.82) is 0 Å². The molecule has 0 aliphatic heterocycles. The molecule has 2 aromatic carbocycles. The monoisotopic (exact) mass is 378 g/mol. The van der Waals surface area contributed by atoms with Crippen LogP contribution in [0.25, 0.3) is 0 Å². The van der Waals surface area contributed by atoms with Gasteiger partial charge in [0.25, 0.3) is 15.7 Å². The lowest BCUT2D eigenvalue weighted by molar-refractivity contribution is -0.385. The first-order valence-electron chi connectivity index (χ1n) is 8.21. The normalized spacial score (nSPS) is 11.4. The fourth-order valence-electron chi connectivity index (χ4n) is 2.55. The number of nitro groups is 1. The van der Waals surface area contributed by atoms with E-state index in [1.807, 2.05) is 13.8 Å². The molecule has 140 valence electrons. The lowest BCUT2D eigenvalue weighted by atomic mass is 10.2. The van der Waals surface area contributed by atoms with Gasteiger partial charge in [-0.2, -0.15) is 0 Å². The molecule has 2 rings (SSSR count). The Bertz CT molecular complexity index is 892. The Morgan fingerprint density at radius 2 is 1.77 bits per heavy atom. The Balaban J connectivity index is 2.45. The molecule has 0 bridgehead atoms. The first-order chi connectivity index (χ1) is 12.2. The van der Waals surface area contributed by atoms with Gasteiger partial charge in [0.15, 0.2) is 0 Å². The van der Waals surface area contributed by atoms with E-state index in [9.17, 15) is 18.5 Å². The molecule has 8 heteroatoms. The van der Waals surface area contributed by atoms with Crippen LogP contribution in [0.2, 0.25) is 0 Å². The molecule has 0 aromatic heterocycles. The van der Waals surface area contributed by atoms with Crippen LogP contribution in [0.3, 0.4) is 0 Å². The molecule has 0 saturated carbocycles. The Hall–Kier alpha value is -2.61. The van der Waals surface area contributed by atoms with Gasteiger partial charge in [0.1, 0.15) is 5.75 Å². The van der Waals surface area contributed by atoms with Crippen molar-refractivity contribution in [3.63, 3.8) is 0 Å². The molecule has 0 aliphatic rings. The average molecular weight is 378 g/mol. The number of ether oxygens (including phenoxy) is 1. The van der Waals surface area contributed by atoms with Crippen molar-refractivity contribution in [2.75, 3.05) is 10.8 Å². The number of non-ortho nitro benzene ring substituents is 1. The zero-order valence-corrected chi connectivity index (χ0v) is 16.0. The van der Waals surface area contributed by atoms with Gasteiger partial charge in [-0.3, -0.25) is 14.4 Å². The summed E-state index contributed by atoms with van der Waals surface area (Å²) in [6.07, 6.45) is 0.0133. The Morgan fingerprint density at radius 1 is 1.15 bits per heavy atom. The van der Waals surface area contributed by atoms with E-state index in [1.54, 1.807) is 38.1 Å². The molecule has 2 aromatic rings. The lowest BCUT2D eigenvalue weighted by Crippen LogP contribution is -2.31. The number of rotatable bonds is 7. The van der Waals surface area contributed by atoms with E-state index in [0.29, 0.717) is 17.0 Å². The maximum Gasteiger partial charge on any atom is 0.270 e. The van der Waals surface area contributed by atoms with Crippen LogP contribution < -0.4 is 9.04 Å². The van der Waals surface area contributed by atoms with Crippen LogP contribution >= 0.6 is 0 Å². The van der Waals surface area contributed by atoms with Crippen LogP contribution in [0, 0.1) is 17.0 Å². The van der Waals surface area contributed by atoms with E-state index >= 15 is 0 Å². The summed E-state index contributed by atoms with van der Waals surface area (Å²) >= 11 is 0. The van der Waals surface area contributed by atoms with Gasteiger partial charge in [0.2, 0.25) is 0 Å². The number of hydrogen-bond acceptors (Lipinski definition) is 5. The zero-order chi connectivity index (χ0) is 19.5. The number of aryl methyl sites for hydroxylation is 1. The third kappa shape index (κ3) is 4.13. The predicted octanol–water partition coefficient (Wildman–Crippen LogP) is 3.91. The molecular formula is C18H22N2O5S. The first kappa shape index (κ1) is 19.7. The van der Waals surface area contributed by atoms with Gasteiger partial charge in [-0.05, 0) is 57.5 Å². The number of benzene rings is 2. The predicted molar refractivity (Wildman–Crippen MR) is 100 cm³/mol. The minimum Gasteiger partial charge on any atom is -0.491 e. The van der Waals surface area contributed by atoms with E-state index in [0.717, 1.165) is 6.07 Å². The molecule has 0 fully saturated rings. The highest BCUT2D eigenvalue weighted by molar-refractivity contribution is 7.92. The van der Waals surface area contributed by atoms with Gasteiger partial charge in [0.05, 0.1) is 21.6 Å². The van der Waals surface area contributed by atoms with Crippen molar-refractivity contribution in [1.82, 2.24) is 0 Å². The van der Waals surface area contributed by atoms with E-state index in [2.05, 4.69) is 0 Å². The smallest absolute Gasteiger partial charge is 0.270 e. The lowest BCUT2D eigenvalue weighted by Gasteiger charge is -2.24. The molecule has 0 unspecified atom stereocenters. The highest BCUT2D eigenvalue weighted by Gasteiger charge is 2.27. The molecule has 0 atom stereocenters. The summed E-state index contributed by atoms with van der Waals surface area (Å²) < 4.78 is 33.0. The molecule has 0 aliphatic carbocycles. The standard InChI is InChI=1S/C18H22N2O5S/c1-5-19(15-8-10-17(11-9-15)25-13(2)3)26(23,24)18-12-16(20(21)22)7-6-14(18)4/h6-13H,5H2,1-4H3. The number of sulfonamides is 1. The van der Waals surface area contributed by atoms with Gasteiger partial charge >= 0.3 is 0 Å². The zero-order valence-electron chi connectivity index (χ0n) is 15.2. The van der Waals surface area contributed by atoms with Crippen LogP contribution in [0.5, 0.6) is 5.75 Å². The molecule has 0 N–H and O–H groups in total. The molecular weight excluding hydrogens is 356 g/mol. The average Bonchev–Trinajstić information content (AvgIpc) is 2.56. The SMILES string of the molecule is CCN(c1ccc(OC(C)C)cc1)S(=O)(=O)c1cc([N+](=O)[O-])ccc1C. The van der Waals surface area contributed by atoms with Crippen LogP contribution in [-0.2, 0) is 10.0 Å². The second kappa shape index (κ2) is 7.74. The molecule has 0 heterocycles. The summed E-state index contributed by atoms with van der Waals surface area (Å²) in [6, 6.07) is 10.6. The molecule has 7 nitrogen and oxygen atoms in total. The Kier molecular flexibility index (Phi) is 5.86. The maximum absolute atomic E-state index is 13.1. The summed E-state index contributed by atoms with van der Waals surface area (Å²) in [5.41, 5.74) is 0.661. The van der Waals surface area contributed by atoms with Crippen molar-refractivity contribution in [3.05, 3.63) is 58.1 Å². The van der Waals surface area contributed by atoms with Crippen molar-refractivity contribution in [3.8, 4) is 5.75 Å². The van der Waals surface area contributed by atoms with E-state index in [4.69, 9.17) is 4.74 Å². The van der Waals surface area contributed by atoms with Gasteiger partial charge in [-0.15, -0.1) is 0 Å². The quantitative estimate of drug-likeness (QED) is 0.538. The second-order valence-corrected chi connectivity index (χ2v) is 7.87. The molecule has 0 spiro atoms. The number of nitro benzene ring substituents is 1. The van der Waals surface area contributed by atoms with Crippen LogP contribution in [0.15, 0.2) is 47.4 Å². The van der Waals surface area contributed by atoms with Crippen molar-refractivity contribution < 1.29 is 18.1 Å². The first-order valence-corrected chi connectivity index (χ1v) is 9.65. The summed E-state index contributed by atoms with van der Waals surface area (Å²) in [5, 5.41) is 11.0. The van der Waals surface area contributed by atoms with Crippen molar-refractivity contribution >= 4 is 21.4 Å². The topological polar surface area (TPSA) is 89.8 Å². The number of nitrogens with zero attached hydrogens (tertiary/aromatic N) is 2. The van der Waals surface area contributed by atoms with Crippen molar-refractivity contribution in [2.45, 2.75) is 38.7 Å². The molecule has 0 amide bonds. The number of anilines is 1. The third-order valence-corrected chi connectivity index (χ3v) is 5.78. The second-order valence-electron chi connectivity index (χ2n) is 6.04. The highest BCUT2D eigenvalue weighted by atomic mass is 32.2.